The van der Waals surface area contributed by atoms with Crippen molar-refractivity contribution >= 4 is 11.7 Å². The van der Waals surface area contributed by atoms with E-state index < -0.39 is 5.92 Å². The first-order valence-corrected chi connectivity index (χ1v) is 6.28. The molecule has 0 aromatic carbocycles. The van der Waals surface area contributed by atoms with Crippen molar-refractivity contribution in [2.45, 2.75) is 39.0 Å². The summed E-state index contributed by atoms with van der Waals surface area (Å²) in [6.07, 6.45) is 6.25. The van der Waals surface area contributed by atoms with Crippen LogP contribution in [0.1, 0.15) is 39.0 Å². The smallest absolute Gasteiger partial charge is 0.232 e. The molecular weight excluding hydrogens is 218 g/mol. The van der Waals surface area contributed by atoms with E-state index in [2.05, 4.69) is 5.16 Å². The van der Waals surface area contributed by atoms with Gasteiger partial charge in [-0.1, -0.05) is 24.4 Å². The summed E-state index contributed by atoms with van der Waals surface area (Å²) >= 11 is 0. The lowest BCUT2D eigenvalue weighted by molar-refractivity contribution is -0.132. The molecule has 1 aliphatic carbocycles. The summed E-state index contributed by atoms with van der Waals surface area (Å²) in [5, 5.41) is 11.4. The molecule has 0 radical (unpaired) electrons. The van der Waals surface area contributed by atoms with E-state index >= 15 is 0 Å². The third-order valence-corrected chi connectivity index (χ3v) is 3.56. The number of hydrogen-bond donors (Lipinski definition) is 2. The largest absolute Gasteiger partial charge is 0.409 e. The lowest BCUT2D eigenvalue weighted by Crippen LogP contribution is -2.40. The van der Waals surface area contributed by atoms with Crippen LogP contribution in [0.25, 0.3) is 0 Å². The van der Waals surface area contributed by atoms with Gasteiger partial charge in [-0.2, -0.15) is 0 Å². The molecule has 5 heteroatoms. The highest BCUT2D eigenvalue weighted by Crippen LogP contribution is 2.24. The van der Waals surface area contributed by atoms with E-state index in [-0.39, 0.29) is 11.7 Å². The summed E-state index contributed by atoms with van der Waals surface area (Å²) in [7, 11) is 1.79. The maximum atomic E-state index is 12.0. The second-order valence-corrected chi connectivity index (χ2v) is 4.97. The molecular formula is C12H23N3O2. The molecule has 1 saturated carbocycles. The summed E-state index contributed by atoms with van der Waals surface area (Å²) in [6, 6.07) is 0. The van der Waals surface area contributed by atoms with Crippen LogP contribution in [0.5, 0.6) is 0 Å². The van der Waals surface area contributed by atoms with Gasteiger partial charge >= 0.3 is 0 Å². The molecule has 0 spiro atoms. The summed E-state index contributed by atoms with van der Waals surface area (Å²) in [4.78, 5) is 13.7. The summed E-state index contributed by atoms with van der Waals surface area (Å²) in [5.41, 5.74) is 5.44. The van der Waals surface area contributed by atoms with Crippen molar-refractivity contribution < 1.29 is 10.0 Å². The van der Waals surface area contributed by atoms with Crippen molar-refractivity contribution in [3.63, 3.8) is 0 Å². The Morgan fingerprint density at radius 2 is 2.06 bits per heavy atom. The molecule has 0 aromatic heterocycles. The van der Waals surface area contributed by atoms with E-state index in [1.165, 1.54) is 32.1 Å². The van der Waals surface area contributed by atoms with Gasteiger partial charge in [-0.05, 0) is 25.7 Å². The van der Waals surface area contributed by atoms with Gasteiger partial charge in [-0.25, -0.2) is 0 Å². The summed E-state index contributed by atoms with van der Waals surface area (Å²) in [6.45, 7) is 2.44. The average Bonchev–Trinajstić information content (AvgIpc) is 2.37. The molecule has 17 heavy (non-hydrogen) atoms. The number of carbonyl (C=O) groups is 1. The number of nitrogens with two attached hydrogens (primary N) is 1. The second kappa shape index (κ2) is 6.47. The van der Waals surface area contributed by atoms with Crippen molar-refractivity contribution in [3.8, 4) is 0 Å². The van der Waals surface area contributed by atoms with Gasteiger partial charge in [0.25, 0.3) is 0 Å². The van der Waals surface area contributed by atoms with Gasteiger partial charge in [0.1, 0.15) is 0 Å². The molecule has 98 valence electrons. The lowest BCUT2D eigenvalue weighted by Gasteiger charge is -2.28. The van der Waals surface area contributed by atoms with Crippen molar-refractivity contribution in [2.24, 2.45) is 22.7 Å². The lowest BCUT2D eigenvalue weighted by atomic mass is 9.89. The quantitative estimate of drug-likeness (QED) is 0.338. The molecule has 1 unspecified atom stereocenters. The zero-order chi connectivity index (χ0) is 12.8. The first-order valence-electron chi connectivity index (χ1n) is 6.28. The Morgan fingerprint density at radius 1 is 1.47 bits per heavy atom. The number of rotatable bonds is 4. The fourth-order valence-corrected chi connectivity index (χ4v) is 2.39. The normalized spacial score (nSPS) is 20.0. The van der Waals surface area contributed by atoms with E-state index in [9.17, 15) is 4.79 Å². The summed E-state index contributed by atoms with van der Waals surface area (Å²) in [5.74, 6) is -0.0397. The van der Waals surface area contributed by atoms with Gasteiger partial charge < -0.3 is 15.8 Å². The van der Waals surface area contributed by atoms with Crippen LogP contribution in [0.2, 0.25) is 0 Å². The van der Waals surface area contributed by atoms with Crippen LogP contribution in [0.3, 0.4) is 0 Å². The number of amidine groups is 1. The minimum absolute atomic E-state index is 0.0227. The van der Waals surface area contributed by atoms with E-state index in [1.54, 1.807) is 18.9 Å². The molecule has 0 aromatic rings. The fourth-order valence-electron chi connectivity index (χ4n) is 2.39. The van der Waals surface area contributed by atoms with Gasteiger partial charge in [0.2, 0.25) is 5.91 Å². The molecule has 3 N–H and O–H groups in total. The van der Waals surface area contributed by atoms with E-state index in [0.717, 1.165) is 6.54 Å². The maximum absolute atomic E-state index is 12.0. The number of nitrogens with zero attached hydrogens (tertiary/aromatic N) is 2. The standard InChI is InChI=1S/C12H23N3O2/c1-9(11(13)14-17)12(16)15(2)8-10-6-4-3-5-7-10/h9-10,17H,3-8H2,1-2H3,(H2,13,14). The highest BCUT2D eigenvalue weighted by atomic mass is 16.4. The Bertz CT molecular complexity index is 285. The highest BCUT2D eigenvalue weighted by Gasteiger charge is 2.24. The van der Waals surface area contributed by atoms with Crippen molar-refractivity contribution in [1.29, 1.82) is 0 Å². The van der Waals surface area contributed by atoms with Crippen LogP contribution in [0.15, 0.2) is 5.16 Å². The number of hydrogen-bond acceptors (Lipinski definition) is 3. The van der Waals surface area contributed by atoms with E-state index in [1.807, 2.05) is 0 Å². The van der Waals surface area contributed by atoms with E-state index in [4.69, 9.17) is 10.9 Å². The Morgan fingerprint density at radius 3 is 2.59 bits per heavy atom. The van der Waals surface area contributed by atoms with Gasteiger partial charge in [0.15, 0.2) is 5.84 Å². The molecule has 1 atom stereocenters. The molecule has 0 bridgehead atoms. The van der Waals surface area contributed by atoms with Crippen LogP contribution in [-0.2, 0) is 4.79 Å². The van der Waals surface area contributed by atoms with Gasteiger partial charge in [0, 0.05) is 13.6 Å². The second-order valence-electron chi connectivity index (χ2n) is 4.97. The number of oxime groups is 1. The third-order valence-electron chi connectivity index (χ3n) is 3.56. The van der Waals surface area contributed by atoms with Gasteiger partial charge in [-0.15, -0.1) is 0 Å². The SMILES string of the molecule is CC(C(=O)N(C)CC1CCCCC1)C(N)=NO. The Hall–Kier alpha value is -1.26. The molecule has 1 rings (SSSR count). The zero-order valence-electron chi connectivity index (χ0n) is 10.7. The van der Waals surface area contributed by atoms with Crippen molar-refractivity contribution in [3.05, 3.63) is 0 Å². The topological polar surface area (TPSA) is 78.9 Å². The monoisotopic (exact) mass is 241 g/mol. The molecule has 1 amide bonds. The highest BCUT2D eigenvalue weighted by molar-refractivity contribution is 6.01. The van der Waals surface area contributed by atoms with Crippen molar-refractivity contribution in [1.82, 2.24) is 4.90 Å². The van der Waals surface area contributed by atoms with Crippen LogP contribution in [-0.4, -0.2) is 35.4 Å². The maximum Gasteiger partial charge on any atom is 0.232 e. The average molecular weight is 241 g/mol. The number of amides is 1. The molecule has 1 fully saturated rings. The Balaban J connectivity index is 2.45. The first-order chi connectivity index (χ1) is 8.06. The molecule has 0 aliphatic heterocycles. The van der Waals surface area contributed by atoms with Crippen LogP contribution < -0.4 is 5.73 Å². The van der Waals surface area contributed by atoms with Gasteiger partial charge in [0.05, 0.1) is 5.92 Å². The van der Waals surface area contributed by atoms with Crippen LogP contribution >= 0.6 is 0 Å². The van der Waals surface area contributed by atoms with Crippen LogP contribution in [0.4, 0.5) is 0 Å². The van der Waals surface area contributed by atoms with Crippen molar-refractivity contribution in [2.75, 3.05) is 13.6 Å². The minimum Gasteiger partial charge on any atom is -0.409 e. The molecule has 1 aliphatic rings. The third kappa shape index (κ3) is 3.91. The predicted molar refractivity (Wildman–Crippen MR) is 66.8 cm³/mol. The Kier molecular flexibility index (Phi) is 5.25. The molecule has 0 saturated heterocycles. The first kappa shape index (κ1) is 13.8. The predicted octanol–water partition coefficient (Wildman–Crippen LogP) is 1.41. The minimum atomic E-state index is -0.548. The molecule has 5 nitrogen and oxygen atoms in total. The fraction of sp³-hybridized carbons (Fsp3) is 0.833. The molecule has 0 heterocycles. The number of carbonyl (C=O) groups excluding carboxylic acids is 1. The van der Waals surface area contributed by atoms with Crippen LogP contribution in [0, 0.1) is 11.8 Å². The Labute approximate surface area is 103 Å². The van der Waals surface area contributed by atoms with Gasteiger partial charge in [-0.3, -0.25) is 4.79 Å². The van der Waals surface area contributed by atoms with E-state index in [0.29, 0.717) is 5.92 Å². The summed E-state index contributed by atoms with van der Waals surface area (Å²) < 4.78 is 0. The zero-order valence-corrected chi connectivity index (χ0v) is 10.7.